The highest BCUT2D eigenvalue weighted by Crippen LogP contribution is 2.31. The van der Waals surface area contributed by atoms with Gasteiger partial charge in [0.25, 0.3) is 5.91 Å². The minimum absolute atomic E-state index is 0.0510. The summed E-state index contributed by atoms with van der Waals surface area (Å²) in [5.41, 5.74) is 1.50. The predicted octanol–water partition coefficient (Wildman–Crippen LogP) is 2.88. The minimum atomic E-state index is -0.584. The van der Waals surface area contributed by atoms with Crippen LogP contribution in [0, 0.1) is 11.9 Å². The van der Waals surface area contributed by atoms with Crippen molar-refractivity contribution in [3.8, 4) is 11.5 Å². The summed E-state index contributed by atoms with van der Waals surface area (Å²) in [5, 5.41) is 0. The van der Waals surface area contributed by atoms with Crippen LogP contribution >= 0.6 is 0 Å². The molecule has 0 N–H and O–H groups in total. The summed E-state index contributed by atoms with van der Waals surface area (Å²) >= 11 is 0. The molecule has 1 unspecified atom stereocenters. The number of hydrogen-bond acceptors (Lipinski definition) is 6. The van der Waals surface area contributed by atoms with Crippen molar-refractivity contribution in [1.82, 2.24) is 14.8 Å². The lowest BCUT2D eigenvalue weighted by atomic mass is 10.1. The third-order valence-corrected chi connectivity index (χ3v) is 5.53. The number of rotatable bonds is 7. The van der Waals surface area contributed by atoms with Gasteiger partial charge in [-0.1, -0.05) is 26.0 Å². The maximum Gasteiger partial charge on any atom is 0.253 e. The molecule has 1 saturated heterocycles. The van der Waals surface area contributed by atoms with Gasteiger partial charge in [-0.3, -0.25) is 9.69 Å². The highest BCUT2D eigenvalue weighted by Gasteiger charge is 2.31. The van der Waals surface area contributed by atoms with Gasteiger partial charge in [-0.25, -0.2) is 4.98 Å². The van der Waals surface area contributed by atoms with Gasteiger partial charge in [-0.2, -0.15) is 4.39 Å². The van der Waals surface area contributed by atoms with Crippen molar-refractivity contribution in [1.29, 1.82) is 0 Å². The third kappa shape index (κ3) is 5.55. The molecular weight excluding hydrogens is 413 g/mol. The number of pyridine rings is 1. The summed E-state index contributed by atoms with van der Waals surface area (Å²) in [7, 11) is 0. The Kier molecular flexibility index (Phi) is 7.22. The lowest BCUT2D eigenvalue weighted by Gasteiger charge is -2.35. The van der Waals surface area contributed by atoms with Crippen molar-refractivity contribution < 1.29 is 23.4 Å². The van der Waals surface area contributed by atoms with Gasteiger partial charge in [0, 0.05) is 44.5 Å². The van der Waals surface area contributed by atoms with Crippen molar-refractivity contribution in [2.45, 2.75) is 33.0 Å². The van der Waals surface area contributed by atoms with Crippen molar-refractivity contribution in [3.05, 3.63) is 53.6 Å². The van der Waals surface area contributed by atoms with Crippen LogP contribution in [0.25, 0.3) is 0 Å². The number of fused-ring (bicyclic) bond motifs is 1. The van der Waals surface area contributed by atoms with Gasteiger partial charge in [-0.15, -0.1) is 0 Å². The van der Waals surface area contributed by atoms with Crippen LogP contribution in [0.15, 0.2) is 36.5 Å². The molecule has 0 spiro atoms. The molecule has 1 atom stereocenters. The zero-order valence-electron chi connectivity index (χ0n) is 18.6. The topological polar surface area (TPSA) is 64.1 Å². The van der Waals surface area contributed by atoms with Gasteiger partial charge >= 0.3 is 0 Å². The first-order valence-electron chi connectivity index (χ1n) is 11.1. The molecule has 1 amide bonds. The van der Waals surface area contributed by atoms with E-state index in [2.05, 4.69) is 18.8 Å². The Hall–Kier alpha value is -2.71. The molecule has 172 valence electrons. The van der Waals surface area contributed by atoms with E-state index in [9.17, 15) is 9.18 Å². The van der Waals surface area contributed by atoms with Crippen molar-refractivity contribution in [2.24, 2.45) is 5.92 Å². The summed E-state index contributed by atoms with van der Waals surface area (Å²) in [5.74, 6) is 1.23. The highest BCUT2D eigenvalue weighted by molar-refractivity contribution is 5.81. The van der Waals surface area contributed by atoms with Gasteiger partial charge in [-0.05, 0) is 29.7 Å². The molecule has 0 bridgehead atoms. The van der Waals surface area contributed by atoms with Gasteiger partial charge < -0.3 is 19.1 Å². The number of amides is 1. The van der Waals surface area contributed by atoms with Crippen LogP contribution in [0.1, 0.15) is 25.0 Å². The molecule has 2 aliphatic heterocycles. The molecule has 32 heavy (non-hydrogen) atoms. The van der Waals surface area contributed by atoms with Crippen LogP contribution in [0.3, 0.4) is 0 Å². The van der Waals surface area contributed by atoms with Crippen molar-refractivity contribution in [3.63, 3.8) is 0 Å². The van der Waals surface area contributed by atoms with E-state index < -0.39 is 12.1 Å². The van der Waals surface area contributed by atoms with Crippen LogP contribution in [-0.4, -0.2) is 66.2 Å². The number of benzene rings is 1. The Bertz CT molecular complexity index is 939. The molecule has 0 aliphatic carbocycles. The fraction of sp³-hybridized carbons (Fsp3) is 0.500. The molecule has 1 aromatic heterocycles. The number of aromatic nitrogens is 1. The van der Waals surface area contributed by atoms with Crippen LogP contribution in [0.2, 0.25) is 0 Å². The summed E-state index contributed by atoms with van der Waals surface area (Å²) in [6.07, 6.45) is 0.853. The second kappa shape index (κ2) is 10.3. The molecule has 0 saturated carbocycles. The maximum absolute atomic E-state index is 14.0. The fourth-order valence-corrected chi connectivity index (χ4v) is 4.06. The first-order valence-corrected chi connectivity index (χ1v) is 11.1. The fourth-order valence-electron chi connectivity index (χ4n) is 4.06. The summed E-state index contributed by atoms with van der Waals surface area (Å²) in [6.45, 7) is 8.21. The monoisotopic (exact) mass is 443 g/mol. The van der Waals surface area contributed by atoms with Crippen molar-refractivity contribution >= 4 is 5.91 Å². The Morgan fingerprint density at radius 2 is 2.03 bits per heavy atom. The number of carbonyl (C=O) groups excluding carboxylic acids is 1. The maximum atomic E-state index is 14.0. The molecule has 1 fully saturated rings. The molecule has 2 aliphatic rings. The number of ether oxygens (including phenoxy) is 3. The predicted molar refractivity (Wildman–Crippen MR) is 117 cm³/mol. The van der Waals surface area contributed by atoms with E-state index in [0.29, 0.717) is 69.8 Å². The highest BCUT2D eigenvalue weighted by atomic mass is 19.1. The molecule has 2 aromatic rings. The minimum Gasteiger partial charge on any atom is -0.486 e. The van der Waals surface area contributed by atoms with Gasteiger partial charge in [0.2, 0.25) is 5.95 Å². The number of halogens is 1. The van der Waals surface area contributed by atoms with Crippen molar-refractivity contribution in [2.75, 3.05) is 39.5 Å². The van der Waals surface area contributed by atoms with Crippen LogP contribution in [-0.2, 0) is 22.6 Å². The summed E-state index contributed by atoms with van der Waals surface area (Å²) in [4.78, 5) is 21.0. The Balaban J connectivity index is 1.44. The molecule has 3 heterocycles. The third-order valence-electron chi connectivity index (χ3n) is 5.53. The Morgan fingerprint density at radius 1 is 1.22 bits per heavy atom. The second-order valence-electron chi connectivity index (χ2n) is 8.64. The lowest BCUT2D eigenvalue weighted by molar-refractivity contribution is -0.151. The zero-order valence-corrected chi connectivity index (χ0v) is 18.6. The molecule has 0 radical (unpaired) electrons. The summed E-state index contributed by atoms with van der Waals surface area (Å²) in [6, 6.07) is 9.24. The molecule has 8 heteroatoms. The first kappa shape index (κ1) is 22.5. The first-order chi connectivity index (χ1) is 15.5. The standard InChI is InChI=1S/C24H30FN3O4/c1-17(2)13-28(14-18-5-6-20-21(12-18)32-11-10-31-20)24(29)22-16-27(8-9-30-22)15-19-4-3-7-26-23(19)25/h3-7,12,17,22H,8-11,13-16H2,1-2H3. The van der Waals surface area contributed by atoms with E-state index in [1.807, 2.05) is 28.0 Å². The number of carbonyl (C=O) groups is 1. The SMILES string of the molecule is CC(C)CN(Cc1ccc2c(c1)OCCO2)C(=O)C1CN(Cc2cccnc2F)CCO1. The Labute approximate surface area is 188 Å². The van der Waals surface area contributed by atoms with Gasteiger partial charge in [0.1, 0.15) is 19.3 Å². The van der Waals surface area contributed by atoms with Crippen LogP contribution in [0.4, 0.5) is 4.39 Å². The van der Waals surface area contributed by atoms with Gasteiger partial charge in [0.15, 0.2) is 11.5 Å². The zero-order chi connectivity index (χ0) is 22.5. The van der Waals surface area contributed by atoms with E-state index in [-0.39, 0.29) is 5.91 Å². The normalized spacial score (nSPS) is 18.6. The van der Waals surface area contributed by atoms with Crippen LogP contribution < -0.4 is 9.47 Å². The number of hydrogen-bond donors (Lipinski definition) is 0. The summed E-state index contributed by atoms with van der Waals surface area (Å²) < 4.78 is 31.1. The molecule has 1 aromatic carbocycles. The molecule has 4 rings (SSSR count). The van der Waals surface area contributed by atoms with E-state index >= 15 is 0 Å². The van der Waals surface area contributed by atoms with Crippen LogP contribution in [0.5, 0.6) is 11.5 Å². The average molecular weight is 444 g/mol. The molecular formula is C24H30FN3O4. The second-order valence-corrected chi connectivity index (χ2v) is 8.64. The largest absolute Gasteiger partial charge is 0.486 e. The van der Waals surface area contributed by atoms with E-state index in [0.717, 1.165) is 11.3 Å². The van der Waals surface area contributed by atoms with E-state index in [1.54, 1.807) is 12.1 Å². The number of nitrogens with zero attached hydrogens (tertiary/aromatic N) is 3. The quantitative estimate of drug-likeness (QED) is 0.614. The van der Waals surface area contributed by atoms with Gasteiger partial charge in [0.05, 0.1) is 6.61 Å². The molecule has 7 nitrogen and oxygen atoms in total. The smallest absolute Gasteiger partial charge is 0.253 e. The average Bonchev–Trinajstić information content (AvgIpc) is 2.79. The van der Waals surface area contributed by atoms with E-state index in [4.69, 9.17) is 14.2 Å². The Morgan fingerprint density at radius 3 is 2.81 bits per heavy atom. The number of morpholine rings is 1. The lowest BCUT2D eigenvalue weighted by Crippen LogP contribution is -2.51. The van der Waals surface area contributed by atoms with E-state index in [1.165, 1.54) is 6.20 Å².